The molecule has 158 valence electrons. The van der Waals surface area contributed by atoms with Gasteiger partial charge in [0.1, 0.15) is 0 Å². The van der Waals surface area contributed by atoms with Gasteiger partial charge in [0.05, 0.1) is 15.5 Å². The normalized spacial score (nSPS) is 10.7. The molecule has 7 nitrogen and oxygen atoms in total. The van der Waals surface area contributed by atoms with E-state index in [-0.39, 0.29) is 17.6 Å². The van der Waals surface area contributed by atoms with E-state index >= 15 is 0 Å². The number of thiophene rings is 2. The van der Waals surface area contributed by atoms with Gasteiger partial charge in [-0.25, -0.2) is 0 Å². The first-order valence-electron chi connectivity index (χ1n) is 9.48. The smallest absolute Gasteiger partial charge is 0.265 e. The maximum Gasteiger partial charge on any atom is 0.265 e. The van der Waals surface area contributed by atoms with E-state index in [1.807, 2.05) is 40.5 Å². The molecule has 0 aliphatic carbocycles. The van der Waals surface area contributed by atoms with Crippen LogP contribution in [0.4, 0.5) is 11.4 Å². The Morgan fingerprint density at radius 1 is 0.968 bits per heavy atom. The van der Waals surface area contributed by atoms with Crippen LogP contribution in [0.1, 0.15) is 16.6 Å². The minimum atomic E-state index is -0.148. The Bertz CT molecular complexity index is 1150. The van der Waals surface area contributed by atoms with E-state index in [2.05, 4.69) is 20.8 Å². The summed E-state index contributed by atoms with van der Waals surface area (Å²) in [4.78, 5) is 26.2. The van der Waals surface area contributed by atoms with E-state index in [0.29, 0.717) is 21.4 Å². The van der Waals surface area contributed by atoms with Crippen molar-refractivity contribution in [1.29, 1.82) is 0 Å². The highest BCUT2D eigenvalue weighted by Gasteiger charge is 2.15. The molecule has 0 bridgehead atoms. The molecule has 0 fully saturated rings. The summed E-state index contributed by atoms with van der Waals surface area (Å²) < 4.78 is 2.01. The van der Waals surface area contributed by atoms with Gasteiger partial charge >= 0.3 is 0 Å². The number of aromatic nitrogens is 3. The molecular formula is C21H19N5O2S3. The number of carbonyl (C=O) groups excluding carboxylic acids is 2. The highest BCUT2D eigenvalue weighted by Crippen LogP contribution is 2.27. The highest BCUT2D eigenvalue weighted by atomic mass is 32.2. The van der Waals surface area contributed by atoms with E-state index in [1.165, 1.54) is 23.1 Å². The molecule has 2 N–H and O–H groups in total. The van der Waals surface area contributed by atoms with E-state index in [9.17, 15) is 9.59 Å². The molecule has 31 heavy (non-hydrogen) atoms. The predicted octanol–water partition coefficient (Wildman–Crippen LogP) is 5.07. The average Bonchev–Trinajstić information content (AvgIpc) is 3.54. The Morgan fingerprint density at radius 3 is 2.32 bits per heavy atom. The second-order valence-corrected chi connectivity index (χ2v) is 9.21. The number of nitrogens with one attached hydrogen (secondary N) is 2. The zero-order chi connectivity index (χ0) is 21.6. The first-order valence-corrected chi connectivity index (χ1v) is 12.2. The molecule has 3 heterocycles. The van der Waals surface area contributed by atoms with Gasteiger partial charge in [0.2, 0.25) is 5.91 Å². The van der Waals surface area contributed by atoms with Gasteiger partial charge in [0.15, 0.2) is 11.0 Å². The number of benzene rings is 1. The summed E-state index contributed by atoms with van der Waals surface area (Å²) in [5.41, 5.74) is 1.33. The molecule has 3 aromatic heterocycles. The molecule has 0 spiro atoms. The summed E-state index contributed by atoms with van der Waals surface area (Å²) in [6, 6.07) is 14.6. The van der Waals surface area contributed by atoms with Crippen molar-refractivity contribution in [3.05, 3.63) is 64.2 Å². The van der Waals surface area contributed by atoms with Gasteiger partial charge in [0.25, 0.3) is 5.91 Å². The molecule has 1 aromatic carbocycles. The molecule has 0 aliphatic rings. The van der Waals surface area contributed by atoms with E-state index in [4.69, 9.17) is 0 Å². The third-order valence-corrected chi connectivity index (χ3v) is 6.98. The third-order valence-electron chi connectivity index (χ3n) is 4.28. The van der Waals surface area contributed by atoms with Gasteiger partial charge in [0, 0.05) is 17.9 Å². The quantitative estimate of drug-likeness (QED) is 0.352. The fourth-order valence-electron chi connectivity index (χ4n) is 2.83. The van der Waals surface area contributed by atoms with Crippen molar-refractivity contribution in [2.75, 3.05) is 16.4 Å². The van der Waals surface area contributed by atoms with E-state index in [1.54, 1.807) is 41.7 Å². The first kappa shape index (κ1) is 21.3. The van der Waals surface area contributed by atoms with E-state index in [0.717, 1.165) is 17.2 Å². The maximum atomic E-state index is 12.4. The lowest BCUT2D eigenvalue weighted by atomic mass is 10.2. The summed E-state index contributed by atoms with van der Waals surface area (Å²) in [6.07, 6.45) is 0. The first-order chi connectivity index (χ1) is 15.1. The van der Waals surface area contributed by atoms with Crippen molar-refractivity contribution in [2.45, 2.75) is 18.6 Å². The molecule has 0 radical (unpaired) electrons. The highest BCUT2D eigenvalue weighted by molar-refractivity contribution is 7.99. The van der Waals surface area contributed by atoms with Crippen molar-refractivity contribution in [3.8, 4) is 10.7 Å². The van der Waals surface area contributed by atoms with Crippen LogP contribution in [0.3, 0.4) is 0 Å². The fourth-order valence-corrected chi connectivity index (χ4v) is 4.97. The number of nitrogens with zero attached hydrogens (tertiary/aromatic N) is 3. The van der Waals surface area contributed by atoms with Gasteiger partial charge in [-0.3, -0.25) is 9.59 Å². The fraction of sp³-hybridized carbons (Fsp3) is 0.143. The Balaban J connectivity index is 1.32. The summed E-state index contributed by atoms with van der Waals surface area (Å²) >= 11 is 4.35. The lowest BCUT2D eigenvalue weighted by Crippen LogP contribution is -2.15. The third kappa shape index (κ3) is 5.22. The second-order valence-electron chi connectivity index (χ2n) is 6.37. The molecule has 0 aliphatic heterocycles. The molecular weight excluding hydrogens is 450 g/mol. The predicted molar refractivity (Wildman–Crippen MR) is 127 cm³/mol. The lowest BCUT2D eigenvalue weighted by Gasteiger charge is -2.08. The molecule has 0 atom stereocenters. The summed E-state index contributed by atoms with van der Waals surface area (Å²) in [7, 11) is 0. The molecule has 0 saturated carbocycles. The monoisotopic (exact) mass is 469 g/mol. The van der Waals surface area contributed by atoms with Gasteiger partial charge in [-0.05, 0) is 54.1 Å². The number of rotatable bonds is 8. The minimum absolute atomic E-state index is 0.135. The second kappa shape index (κ2) is 9.90. The van der Waals surface area contributed by atoms with Crippen LogP contribution in [0, 0.1) is 0 Å². The largest absolute Gasteiger partial charge is 0.325 e. The lowest BCUT2D eigenvalue weighted by molar-refractivity contribution is -0.113. The minimum Gasteiger partial charge on any atom is -0.325 e. The molecule has 2 amide bonds. The zero-order valence-electron chi connectivity index (χ0n) is 16.6. The standard InChI is InChI=1S/C21H19N5O2S3/c1-2-26-19(16-5-3-11-29-16)24-25-21(26)31-13-18(27)22-14-7-9-15(10-8-14)23-20(28)17-6-4-12-30-17/h3-12H,2,13H2,1H3,(H,22,27)(H,23,28). The van der Waals surface area contributed by atoms with Crippen LogP contribution >= 0.6 is 34.4 Å². The maximum absolute atomic E-state index is 12.4. The molecule has 4 rings (SSSR count). The van der Waals surface area contributed by atoms with Crippen LogP contribution in [0.15, 0.2) is 64.4 Å². The Labute approximate surface area is 191 Å². The van der Waals surface area contributed by atoms with E-state index < -0.39 is 0 Å². The Hall–Kier alpha value is -2.95. The van der Waals surface area contributed by atoms with Gasteiger partial charge < -0.3 is 15.2 Å². The topological polar surface area (TPSA) is 88.9 Å². The molecule has 4 aromatic rings. The summed E-state index contributed by atoms with van der Waals surface area (Å²) in [5.74, 6) is 0.758. The van der Waals surface area contributed by atoms with Gasteiger partial charge in [-0.1, -0.05) is 23.9 Å². The molecule has 10 heteroatoms. The number of hydrogen-bond acceptors (Lipinski definition) is 7. The summed E-state index contributed by atoms with van der Waals surface area (Å²) in [6.45, 7) is 2.76. The van der Waals surface area contributed by atoms with Crippen molar-refractivity contribution < 1.29 is 9.59 Å². The SMILES string of the molecule is CCn1c(SCC(=O)Nc2ccc(NC(=O)c3cccs3)cc2)nnc1-c1cccs1. The van der Waals surface area contributed by atoms with Crippen LogP contribution in [-0.2, 0) is 11.3 Å². The van der Waals surface area contributed by atoms with Crippen LogP contribution in [0.25, 0.3) is 10.7 Å². The molecule has 0 unspecified atom stereocenters. The van der Waals surface area contributed by atoms with Crippen LogP contribution < -0.4 is 10.6 Å². The van der Waals surface area contributed by atoms with Gasteiger partial charge in [-0.2, -0.15) is 0 Å². The van der Waals surface area contributed by atoms with Crippen LogP contribution in [0.5, 0.6) is 0 Å². The Morgan fingerprint density at radius 2 is 1.68 bits per heavy atom. The number of thioether (sulfide) groups is 1. The number of amides is 2. The van der Waals surface area contributed by atoms with Crippen molar-refractivity contribution in [2.24, 2.45) is 0 Å². The Kier molecular flexibility index (Phi) is 6.80. The van der Waals surface area contributed by atoms with Crippen LogP contribution in [-0.4, -0.2) is 32.3 Å². The van der Waals surface area contributed by atoms with Crippen molar-refractivity contribution in [3.63, 3.8) is 0 Å². The summed E-state index contributed by atoms with van der Waals surface area (Å²) in [5, 5.41) is 18.8. The van der Waals surface area contributed by atoms with Crippen LogP contribution in [0.2, 0.25) is 0 Å². The van der Waals surface area contributed by atoms with Crippen molar-refractivity contribution in [1.82, 2.24) is 14.8 Å². The number of anilines is 2. The molecule has 0 saturated heterocycles. The number of carbonyl (C=O) groups is 2. The van der Waals surface area contributed by atoms with Gasteiger partial charge in [-0.15, -0.1) is 32.9 Å². The average molecular weight is 470 g/mol. The zero-order valence-corrected chi connectivity index (χ0v) is 19.0. The number of hydrogen-bond donors (Lipinski definition) is 2. The van der Waals surface area contributed by atoms with Crippen molar-refractivity contribution >= 4 is 57.6 Å².